The van der Waals surface area contributed by atoms with E-state index in [0.717, 1.165) is 12.1 Å². The normalized spacial score (nSPS) is 10.0. The first-order chi connectivity index (χ1) is 8.93. The molecule has 0 amide bonds. The summed E-state index contributed by atoms with van der Waals surface area (Å²) in [6.07, 6.45) is -0.584. The van der Waals surface area contributed by atoms with Crippen LogP contribution < -0.4 is 0 Å². The van der Waals surface area contributed by atoms with Crippen molar-refractivity contribution in [3.8, 4) is 0 Å². The van der Waals surface area contributed by atoms with E-state index in [4.69, 9.17) is 0 Å². The van der Waals surface area contributed by atoms with E-state index in [0.29, 0.717) is 0 Å². The van der Waals surface area contributed by atoms with Crippen molar-refractivity contribution in [1.29, 1.82) is 0 Å². The van der Waals surface area contributed by atoms with E-state index in [-0.39, 0.29) is 18.6 Å². The van der Waals surface area contributed by atoms with Crippen LogP contribution in [0.1, 0.15) is 18.9 Å². The summed E-state index contributed by atoms with van der Waals surface area (Å²) in [7, 11) is 0. The second-order valence-corrected chi connectivity index (χ2v) is 3.74. The lowest BCUT2D eigenvalue weighted by Crippen LogP contribution is -2.13. The van der Waals surface area contributed by atoms with E-state index in [9.17, 15) is 24.1 Å². The zero-order valence-electron chi connectivity index (χ0n) is 10.2. The Balaban J connectivity index is 2.72. The van der Waals surface area contributed by atoms with Crippen molar-refractivity contribution in [3.63, 3.8) is 0 Å². The number of carbonyl (C=O) groups is 2. The molecular formula is C12H12FNO5. The third kappa shape index (κ3) is 4.46. The third-order valence-electron chi connectivity index (χ3n) is 2.26. The number of hydrogen-bond donors (Lipinski definition) is 0. The van der Waals surface area contributed by atoms with Gasteiger partial charge >= 0.3 is 11.7 Å². The number of halogens is 1. The van der Waals surface area contributed by atoms with Crippen molar-refractivity contribution >= 4 is 17.4 Å². The van der Waals surface area contributed by atoms with Gasteiger partial charge in [0.25, 0.3) is 0 Å². The van der Waals surface area contributed by atoms with Crippen molar-refractivity contribution in [2.45, 2.75) is 19.8 Å². The van der Waals surface area contributed by atoms with E-state index in [1.165, 1.54) is 6.07 Å². The molecule has 0 spiro atoms. The van der Waals surface area contributed by atoms with E-state index in [2.05, 4.69) is 4.74 Å². The van der Waals surface area contributed by atoms with Gasteiger partial charge in [0.2, 0.25) is 5.82 Å². The molecule has 0 aliphatic heterocycles. The van der Waals surface area contributed by atoms with Gasteiger partial charge in [0.15, 0.2) is 0 Å². The number of ketones is 1. The molecule has 0 unspecified atom stereocenters. The van der Waals surface area contributed by atoms with E-state index >= 15 is 0 Å². The van der Waals surface area contributed by atoms with Crippen LogP contribution in [0.4, 0.5) is 10.1 Å². The minimum absolute atomic E-state index is 0.175. The molecule has 0 saturated heterocycles. The van der Waals surface area contributed by atoms with Gasteiger partial charge in [-0.15, -0.1) is 0 Å². The molecule has 0 saturated carbocycles. The van der Waals surface area contributed by atoms with Crippen LogP contribution in [-0.4, -0.2) is 23.3 Å². The molecule has 0 N–H and O–H groups in total. The number of ether oxygens (including phenoxy) is 1. The lowest BCUT2D eigenvalue weighted by Gasteiger charge is -2.02. The first-order valence-corrected chi connectivity index (χ1v) is 5.54. The number of hydrogen-bond acceptors (Lipinski definition) is 5. The Kier molecular flexibility index (Phi) is 5.11. The zero-order chi connectivity index (χ0) is 14.4. The molecule has 0 fully saturated rings. The smallest absolute Gasteiger partial charge is 0.313 e. The van der Waals surface area contributed by atoms with E-state index in [1.807, 2.05) is 0 Å². The van der Waals surface area contributed by atoms with Crippen LogP contribution in [0.15, 0.2) is 18.2 Å². The number of rotatable bonds is 6. The van der Waals surface area contributed by atoms with Gasteiger partial charge in [-0.2, -0.15) is 4.39 Å². The summed E-state index contributed by atoms with van der Waals surface area (Å²) < 4.78 is 17.7. The summed E-state index contributed by atoms with van der Waals surface area (Å²) in [4.78, 5) is 32.2. The number of carbonyl (C=O) groups excluding carboxylic acids is 2. The molecule has 1 aromatic carbocycles. The van der Waals surface area contributed by atoms with Crippen molar-refractivity contribution in [1.82, 2.24) is 0 Å². The number of nitro groups is 1. The predicted octanol–water partition coefficient (Wildman–Crippen LogP) is 1.80. The fourth-order valence-electron chi connectivity index (χ4n) is 1.47. The maximum atomic E-state index is 13.1. The molecule has 1 rings (SSSR count). The summed E-state index contributed by atoms with van der Waals surface area (Å²) in [6, 6.07) is 3.18. The highest BCUT2D eigenvalue weighted by Gasteiger charge is 2.17. The Hall–Kier alpha value is -2.31. The van der Waals surface area contributed by atoms with Gasteiger partial charge in [0, 0.05) is 12.5 Å². The molecule has 0 aliphatic rings. The van der Waals surface area contributed by atoms with Crippen molar-refractivity contribution in [3.05, 3.63) is 39.7 Å². The second kappa shape index (κ2) is 6.58. The summed E-state index contributed by atoms with van der Waals surface area (Å²) in [5, 5.41) is 10.5. The summed E-state index contributed by atoms with van der Waals surface area (Å²) in [5.41, 5.74) is -0.413. The monoisotopic (exact) mass is 269 g/mol. The molecular weight excluding hydrogens is 257 g/mol. The van der Waals surface area contributed by atoms with Gasteiger partial charge in [0.05, 0.1) is 11.5 Å². The number of esters is 1. The number of benzene rings is 1. The summed E-state index contributed by atoms with van der Waals surface area (Å²) in [6.45, 7) is 1.79. The number of nitro benzene ring substituents is 1. The van der Waals surface area contributed by atoms with Gasteiger partial charge in [-0.05, 0) is 18.6 Å². The first-order valence-electron chi connectivity index (χ1n) is 5.54. The quantitative estimate of drug-likeness (QED) is 0.340. The molecule has 102 valence electrons. The molecule has 7 heteroatoms. The lowest BCUT2D eigenvalue weighted by molar-refractivity contribution is -0.387. The molecule has 0 aliphatic carbocycles. The van der Waals surface area contributed by atoms with Crippen LogP contribution in [0.5, 0.6) is 0 Å². The first kappa shape index (κ1) is 14.7. The molecule has 0 radical (unpaired) electrons. The number of Topliss-reactive ketones (excluding diaryl/α,β-unsaturated/α-hetero) is 1. The highest BCUT2D eigenvalue weighted by Crippen LogP contribution is 2.19. The van der Waals surface area contributed by atoms with Crippen molar-refractivity contribution in [2.75, 3.05) is 6.61 Å². The zero-order valence-corrected chi connectivity index (χ0v) is 10.2. The van der Waals surface area contributed by atoms with Gasteiger partial charge in [-0.25, -0.2) is 0 Å². The fraction of sp³-hybridized carbons (Fsp3) is 0.333. The van der Waals surface area contributed by atoms with Gasteiger partial charge in [0.1, 0.15) is 12.2 Å². The van der Waals surface area contributed by atoms with Crippen LogP contribution in [0, 0.1) is 15.9 Å². The SMILES string of the molecule is CCOC(=O)CC(=O)Cc1ccc(F)c([N+](=O)[O-])c1. The average molecular weight is 269 g/mol. The minimum atomic E-state index is -0.966. The van der Waals surface area contributed by atoms with Crippen LogP contribution in [0.2, 0.25) is 0 Å². The minimum Gasteiger partial charge on any atom is -0.466 e. The third-order valence-corrected chi connectivity index (χ3v) is 2.26. The molecule has 19 heavy (non-hydrogen) atoms. The molecule has 1 aromatic rings. The summed E-state index contributed by atoms with van der Waals surface area (Å²) >= 11 is 0. The molecule has 6 nitrogen and oxygen atoms in total. The molecule has 0 heterocycles. The van der Waals surface area contributed by atoms with Crippen LogP contribution in [0.25, 0.3) is 0 Å². The van der Waals surface area contributed by atoms with Crippen molar-refractivity contribution < 1.29 is 23.6 Å². The Morgan fingerprint density at radius 3 is 2.68 bits per heavy atom. The van der Waals surface area contributed by atoms with E-state index < -0.39 is 34.6 Å². The van der Waals surface area contributed by atoms with Crippen molar-refractivity contribution in [2.24, 2.45) is 0 Å². The lowest BCUT2D eigenvalue weighted by atomic mass is 10.1. The van der Waals surface area contributed by atoms with Crippen LogP contribution >= 0.6 is 0 Å². The Labute approximate surface area is 108 Å². The van der Waals surface area contributed by atoms with Crippen LogP contribution in [-0.2, 0) is 20.7 Å². The maximum absolute atomic E-state index is 13.1. The summed E-state index contributed by atoms with van der Waals surface area (Å²) in [5.74, 6) is -2.06. The highest BCUT2D eigenvalue weighted by molar-refractivity contribution is 5.96. The largest absolute Gasteiger partial charge is 0.466 e. The molecule has 0 bridgehead atoms. The Morgan fingerprint density at radius 2 is 2.11 bits per heavy atom. The van der Waals surface area contributed by atoms with Gasteiger partial charge in [-0.1, -0.05) is 6.07 Å². The van der Waals surface area contributed by atoms with E-state index in [1.54, 1.807) is 6.92 Å². The predicted molar refractivity (Wildman–Crippen MR) is 63.0 cm³/mol. The van der Waals surface area contributed by atoms with Gasteiger partial charge in [-0.3, -0.25) is 19.7 Å². The maximum Gasteiger partial charge on any atom is 0.313 e. The standard InChI is InChI=1S/C12H12FNO5/c1-2-19-12(16)7-9(15)5-8-3-4-10(13)11(6-8)14(17)18/h3-4,6H,2,5,7H2,1H3. The van der Waals surface area contributed by atoms with Gasteiger partial charge < -0.3 is 4.74 Å². The highest BCUT2D eigenvalue weighted by atomic mass is 19.1. The second-order valence-electron chi connectivity index (χ2n) is 3.74. The topological polar surface area (TPSA) is 86.5 Å². The molecule has 0 aromatic heterocycles. The fourth-order valence-corrected chi connectivity index (χ4v) is 1.47. The number of nitrogens with zero attached hydrogens (tertiary/aromatic N) is 1. The molecule has 0 atom stereocenters. The van der Waals surface area contributed by atoms with Crippen LogP contribution in [0.3, 0.4) is 0 Å². The Morgan fingerprint density at radius 1 is 1.42 bits per heavy atom. The Bertz CT molecular complexity index is 515. The average Bonchev–Trinajstić information content (AvgIpc) is 2.31.